The first-order valence-corrected chi connectivity index (χ1v) is 6.50. The van der Waals surface area contributed by atoms with Crippen molar-refractivity contribution < 1.29 is 0 Å². The lowest BCUT2D eigenvalue weighted by molar-refractivity contribution is 0.107. The van der Waals surface area contributed by atoms with E-state index >= 15 is 0 Å². The second-order valence-corrected chi connectivity index (χ2v) is 6.43. The minimum absolute atomic E-state index is 0.256. The molecular weight excluding hydrogens is 212 g/mol. The van der Waals surface area contributed by atoms with Gasteiger partial charge >= 0.3 is 0 Å². The first-order chi connectivity index (χ1) is 7.95. The van der Waals surface area contributed by atoms with Crippen molar-refractivity contribution in [1.29, 1.82) is 0 Å². The number of nitrogens with two attached hydrogens (primary N) is 1. The predicted molar refractivity (Wildman–Crippen MR) is 68.4 cm³/mol. The zero-order valence-corrected chi connectivity index (χ0v) is 11.2. The van der Waals surface area contributed by atoms with E-state index in [0.29, 0.717) is 5.41 Å². The third kappa shape index (κ3) is 2.86. The van der Waals surface area contributed by atoms with Crippen LogP contribution < -0.4 is 5.73 Å². The normalized spacial score (nSPS) is 22.6. The molecule has 1 saturated carbocycles. The van der Waals surface area contributed by atoms with Crippen LogP contribution in [0, 0.1) is 10.8 Å². The Labute approximate surface area is 104 Å². The minimum atomic E-state index is 0.256. The van der Waals surface area contributed by atoms with Gasteiger partial charge in [-0.2, -0.15) is 0 Å². The van der Waals surface area contributed by atoms with Crippen LogP contribution in [0.5, 0.6) is 0 Å². The molecule has 0 aliphatic heterocycles. The minimum Gasteiger partial charge on any atom is -0.330 e. The summed E-state index contributed by atoms with van der Waals surface area (Å²) in [5, 5.41) is 8.20. The van der Waals surface area contributed by atoms with Crippen LogP contribution in [-0.2, 0) is 13.5 Å². The van der Waals surface area contributed by atoms with Gasteiger partial charge in [-0.1, -0.05) is 19.1 Å². The summed E-state index contributed by atoms with van der Waals surface area (Å²) >= 11 is 0. The monoisotopic (exact) mass is 236 g/mol. The highest BCUT2D eigenvalue weighted by Crippen LogP contribution is 2.45. The Morgan fingerprint density at radius 2 is 1.94 bits per heavy atom. The van der Waals surface area contributed by atoms with Gasteiger partial charge in [-0.15, -0.1) is 5.10 Å². The SMILES string of the molecule is Cn1cc(CC2(CN)CCC(C)(C)CC2)nn1. The maximum Gasteiger partial charge on any atom is 0.0833 e. The van der Waals surface area contributed by atoms with Gasteiger partial charge in [0.05, 0.1) is 5.69 Å². The van der Waals surface area contributed by atoms with Gasteiger partial charge < -0.3 is 5.73 Å². The van der Waals surface area contributed by atoms with Gasteiger partial charge in [-0.3, -0.25) is 4.68 Å². The Bertz CT molecular complexity index is 371. The molecular formula is C13H24N4. The molecule has 2 N–H and O–H groups in total. The molecule has 96 valence electrons. The van der Waals surface area contributed by atoms with Crippen LogP contribution in [0.25, 0.3) is 0 Å². The summed E-state index contributed by atoms with van der Waals surface area (Å²) in [6.07, 6.45) is 7.96. The van der Waals surface area contributed by atoms with Crippen molar-refractivity contribution in [2.45, 2.75) is 46.0 Å². The summed E-state index contributed by atoms with van der Waals surface area (Å²) < 4.78 is 1.77. The Morgan fingerprint density at radius 3 is 2.41 bits per heavy atom. The lowest BCUT2D eigenvalue weighted by atomic mass is 9.63. The fourth-order valence-electron chi connectivity index (χ4n) is 2.77. The molecule has 0 atom stereocenters. The largest absolute Gasteiger partial charge is 0.330 e. The fraction of sp³-hybridized carbons (Fsp3) is 0.846. The van der Waals surface area contributed by atoms with Crippen molar-refractivity contribution in [2.24, 2.45) is 23.6 Å². The molecule has 0 saturated heterocycles. The number of hydrogen-bond acceptors (Lipinski definition) is 3. The number of aromatic nitrogens is 3. The van der Waals surface area contributed by atoms with Crippen LogP contribution >= 0.6 is 0 Å². The van der Waals surface area contributed by atoms with E-state index in [1.54, 1.807) is 4.68 Å². The number of rotatable bonds is 3. The lowest BCUT2D eigenvalue weighted by Crippen LogP contribution is -2.39. The zero-order chi connectivity index (χ0) is 12.5. The van der Waals surface area contributed by atoms with E-state index in [4.69, 9.17) is 5.73 Å². The highest BCUT2D eigenvalue weighted by Gasteiger charge is 2.37. The molecule has 1 aliphatic carbocycles. The lowest BCUT2D eigenvalue weighted by Gasteiger charge is -2.42. The van der Waals surface area contributed by atoms with Crippen LogP contribution in [0.1, 0.15) is 45.2 Å². The Hall–Kier alpha value is -0.900. The van der Waals surface area contributed by atoms with Gasteiger partial charge in [0.1, 0.15) is 0 Å². The smallest absolute Gasteiger partial charge is 0.0833 e. The average molecular weight is 236 g/mol. The quantitative estimate of drug-likeness (QED) is 0.872. The summed E-state index contributed by atoms with van der Waals surface area (Å²) in [6.45, 7) is 5.48. The number of nitrogens with zero attached hydrogens (tertiary/aromatic N) is 3. The number of aryl methyl sites for hydroxylation is 1. The fourth-order valence-corrected chi connectivity index (χ4v) is 2.77. The Morgan fingerprint density at radius 1 is 1.29 bits per heavy atom. The standard InChI is InChI=1S/C13H24N4/c1-12(2)4-6-13(10-14,7-5-12)8-11-9-17(3)16-15-11/h9H,4-8,10,14H2,1-3H3. The molecule has 0 unspecified atom stereocenters. The second-order valence-electron chi connectivity index (χ2n) is 6.43. The molecule has 1 aromatic heterocycles. The number of hydrogen-bond donors (Lipinski definition) is 1. The van der Waals surface area contributed by atoms with E-state index in [0.717, 1.165) is 18.7 Å². The molecule has 1 aliphatic rings. The maximum absolute atomic E-state index is 6.03. The van der Waals surface area contributed by atoms with Crippen molar-refractivity contribution in [3.8, 4) is 0 Å². The van der Waals surface area contributed by atoms with Crippen LogP contribution in [0.2, 0.25) is 0 Å². The zero-order valence-electron chi connectivity index (χ0n) is 11.2. The van der Waals surface area contributed by atoms with Crippen molar-refractivity contribution in [1.82, 2.24) is 15.0 Å². The van der Waals surface area contributed by atoms with Gasteiger partial charge in [-0.25, -0.2) is 0 Å². The predicted octanol–water partition coefficient (Wildman–Crippen LogP) is 1.90. The summed E-state index contributed by atoms with van der Waals surface area (Å²) in [5.74, 6) is 0. The Balaban J connectivity index is 2.06. The molecule has 0 amide bonds. The van der Waals surface area contributed by atoms with Crippen LogP contribution in [0.4, 0.5) is 0 Å². The highest BCUT2D eigenvalue weighted by atomic mass is 15.4. The van der Waals surface area contributed by atoms with Gasteiger partial charge in [-0.05, 0) is 49.5 Å². The molecule has 2 rings (SSSR count). The van der Waals surface area contributed by atoms with E-state index < -0.39 is 0 Å². The Kier molecular flexibility index (Phi) is 3.25. The van der Waals surface area contributed by atoms with Crippen molar-refractivity contribution >= 4 is 0 Å². The first-order valence-electron chi connectivity index (χ1n) is 6.50. The maximum atomic E-state index is 6.03. The molecule has 0 spiro atoms. The van der Waals surface area contributed by atoms with E-state index in [9.17, 15) is 0 Å². The van der Waals surface area contributed by atoms with E-state index in [-0.39, 0.29) is 5.41 Å². The summed E-state index contributed by atoms with van der Waals surface area (Å²) in [7, 11) is 1.91. The van der Waals surface area contributed by atoms with E-state index in [1.807, 2.05) is 13.2 Å². The van der Waals surface area contributed by atoms with Crippen LogP contribution in [0.3, 0.4) is 0 Å². The van der Waals surface area contributed by atoms with Crippen molar-refractivity contribution in [3.05, 3.63) is 11.9 Å². The molecule has 17 heavy (non-hydrogen) atoms. The van der Waals surface area contributed by atoms with Crippen molar-refractivity contribution in [2.75, 3.05) is 6.54 Å². The first kappa shape index (κ1) is 12.6. The molecule has 4 nitrogen and oxygen atoms in total. The third-order valence-corrected chi connectivity index (χ3v) is 4.30. The summed E-state index contributed by atoms with van der Waals surface area (Å²) in [6, 6.07) is 0. The topological polar surface area (TPSA) is 56.7 Å². The van der Waals surface area contributed by atoms with Crippen molar-refractivity contribution in [3.63, 3.8) is 0 Å². The van der Waals surface area contributed by atoms with Gasteiger partial charge in [0, 0.05) is 13.2 Å². The van der Waals surface area contributed by atoms with Crippen LogP contribution in [-0.4, -0.2) is 21.5 Å². The molecule has 0 bridgehead atoms. The molecule has 0 aromatic carbocycles. The summed E-state index contributed by atoms with van der Waals surface area (Å²) in [4.78, 5) is 0. The molecule has 1 heterocycles. The third-order valence-electron chi connectivity index (χ3n) is 4.30. The molecule has 1 aromatic rings. The summed E-state index contributed by atoms with van der Waals surface area (Å²) in [5.41, 5.74) is 7.85. The average Bonchev–Trinajstić information content (AvgIpc) is 2.68. The van der Waals surface area contributed by atoms with Gasteiger partial charge in [0.15, 0.2) is 0 Å². The van der Waals surface area contributed by atoms with Crippen LogP contribution in [0.15, 0.2) is 6.20 Å². The van der Waals surface area contributed by atoms with E-state index in [1.165, 1.54) is 25.7 Å². The highest BCUT2D eigenvalue weighted by molar-refractivity contribution is 5.01. The van der Waals surface area contributed by atoms with Gasteiger partial charge in [0.25, 0.3) is 0 Å². The second kappa shape index (κ2) is 4.41. The molecule has 0 radical (unpaired) electrons. The van der Waals surface area contributed by atoms with E-state index in [2.05, 4.69) is 24.2 Å². The molecule has 1 fully saturated rings. The van der Waals surface area contributed by atoms with Gasteiger partial charge in [0.2, 0.25) is 0 Å². The molecule has 4 heteroatoms.